The van der Waals surface area contributed by atoms with Gasteiger partial charge in [-0.25, -0.2) is 14.4 Å². The second-order valence-corrected chi connectivity index (χ2v) is 10.0. The lowest BCUT2D eigenvalue weighted by molar-refractivity contribution is -0.285. The third-order valence-electron chi connectivity index (χ3n) is 7.51. The molecule has 0 amide bonds. The minimum atomic E-state index is -2.07. The third kappa shape index (κ3) is 4.05. The standard InChI is InChI=1S/C27H20O18/c28-3-8-21(19(36)20(37)27(41)42-8)43-24(38)4-1-6(29)14(31)16(33)9(4)11-13-12-10-5(25(39)44-23(12)18(35)17(11)34)2-7(30)15(32)22(10)45-26(13)40/h1-2,8,19-21,27-37,41H,3H2/t8-,19-,20-,21-,27-/m1/s1. The highest BCUT2D eigenvalue weighted by Gasteiger charge is 2.46. The van der Waals surface area contributed by atoms with Gasteiger partial charge in [-0.15, -0.1) is 0 Å². The van der Waals surface area contributed by atoms with E-state index in [-0.39, 0.29) is 0 Å². The largest absolute Gasteiger partial charge is 0.504 e. The first kappa shape index (κ1) is 29.5. The van der Waals surface area contributed by atoms with Crippen molar-refractivity contribution in [2.24, 2.45) is 0 Å². The minimum Gasteiger partial charge on any atom is -0.504 e. The molecule has 5 aromatic rings. The SMILES string of the molecule is O=C(O[C@H]1[C@H](O)[C@@H](O)[C@H](O)O[C@@H]1CO)c1cc(O)c(O)c(O)c1-c1c(O)c(O)c2oc(=O)c3cc(O)c(O)c4oc(=O)c1c2c43. The Kier molecular flexibility index (Phi) is 6.57. The number of aliphatic hydroxyl groups excluding tert-OH is 4. The van der Waals surface area contributed by atoms with Crippen LogP contribution in [0.4, 0.5) is 0 Å². The number of benzene rings is 3. The zero-order valence-corrected chi connectivity index (χ0v) is 22.0. The summed E-state index contributed by atoms with van der Waals surface area (Å²) in [6, 6.07) is 1.24. The topological polar surface area (TPSA) is 318 Å². The van der Waals surface area contributed by atoms with Crippen molar-refractivity contribution in [1.29, 1.82) is 0 Å². The van der Waals surface area contributed by atoms with Crippen molar-refractivity contribution in [2.75, 3.05) is 6.61 Å². The maximum atomic E-state index is 13.5. The summed E-state index contributed by atoms with van der Waals surface area (Å²) in [6.07, 6.45) is -9.65. The highest BCUT2D eigenvalue weighted by atomic mass is 16.7. The van der Waals surface area contributed by atoms with Gasteiger partial charge in [-0.05, 0) is 12.1 Å². The first-order valence-electron chi connectivity index (χ1n) is 12.6. The number of carbonyl (C=O) groups is 1. The number of hydrogen-bond donors (Lipinski definition) is 11. The van der Waals surface area contributed by atoms with Crippen LogP contribution in [0.25, 0.3) is 43.8 Å². The van der Waals surface area contributed by atoms with Crippen molar-refractivity contribution < 1.29 is 79.3 Å². The first-order valence-corrected chi connectivity index (χ1v) is 12.6. The van der Waals surface area contributed by atoms with Crippen molar-refractivity contribution in [3.63, 3.8) is 0 Å². The van der Waals surface area contributed by atoms with Crippen molar-refractivity contribution in [3.8, 4) is 51.4 Å². The molecule has 18 heteroatoms. The molecule has 18 nitrogen and oxygen atoms in total. The van der Waals surface area contributed by atoms with Gasteiger partial charge in [0.2, 0.25) is 17.2 Å². The van der Waals surface area contributed by atoms with Gasteiger partial charge in [0.25, 0.3) is 0 Å². The minimum absolute atomic E-state index is 0.421. The van der Waals surface area contributed by atoms with Crippen molar-refractivity contribution in [3.05, 3.63) is 38.5 Å². The van der Waals surface area contributed by atoms with E-state index < -0.39 is 144 Å². The molecule has 0 saturated carbocycles. The first-order chi connectivity index (χ1) is 21.2. The van der Waals surface area contributed by atoms with E-state index in [1.54, 1.807) is 0 Å². The monoisotopic (exact) mass is 632 g/mol. The number of esters is 1. The molecule has 2 aromatic heterocycles. The zero-order valence-electron chi connectivity index (χ0n) is 22.0. The van der Waals surface area contributed by atoms with Crippen LogP contribution in [0.15, 0.2) is 30.6 Å². The lowest BCUT2D eigenvalue weighted by Crippen LogP contribution is -2.59. The summed E-state index contributed by atoms with van der Waals surface area (Å²) in [5.74, 6) is -9.97. The van der Waals surface area contributed by atoms with Crippen LogP contribution < -0.4 is 11.3 Å². The van der Waals surface area contributed by atoms with E-state index in [4.69, 9.17) is 18.3 Å². The summed E-state index contributed by atoms with van der Waals surface area (Å²) >= 11 is 0. The van der Waals surface area contributed by atoms with Gasteiger partial charge in [0.15, 0.2) is 46.6 Å². The van der Waals surface area contributed by atoms with Crippen LogP contribution >= 0.6 is 0 Å². The average molecular weight is 632 g/mol. The van der Waals surface area contributed by atoms with Crippen LogP contribution in [0.1, 0.15) is 10.4 Å². The number of hydrogen-bond acceptors (Lipinski definition) is 18. The van der Waals surface area contributed by atoms with Crippen molar-refractivity contribution >= 4 is 38.7 Å². The molecule has 0 radical (unpaired) electrons. The fourth-order valence-electron chi connectivity index (χ4n) is 5.38. The van der Waals surface area contributed by atoms with E-state index in [1.807, 2.05) is 0 Å². The predicted octanol–water partition coefficient (Wildman–Crippen LogP) is -0.947. The molecule has 45 heavy (non-hydrogen) atoms. The van der Waals surface area contributed by atoms with E-state index in [9.17, 15) is 70.6 Å². The van der Waals surface area contributed by atoms with Crippen molar-refractivity contribution in [1.82, 2.24) is 0 Å². The molecule has 11 N–H and O–H groups in total. The molecule has 0 bridgehead atoms. The smallest absolute Gasteiger partial charge is 0.345 e. The van der Waals surface area contributed by atoms with Crippen LogP contribution in [0.3, 0.4) is 0 Å². The average Bonchev–Trinajstić information content (AvgIpc) is 3.00. The molecule has 1 fully saturated rings. The second-order valence-electron chi connectivity index (χ2n) is 10.0. The van der Waals surface area contributed by atoms with E-state index in [0.717, 1.165) is 6.07 Å². The number of carbonyl (C=O) groups excluding carboxylic acids is 1. The molecular weight excluding hydrogens is 612 g/mol. The van der Waals surface area contributed by atoms with Gasteiger partial charge >= 0.3 is 17.2 Å². The Labute approximate surface area is 245 Å². The fourth-order valence-corrected chi connectivity index (χ4v) is 5.38. The Morgan fingerprint density at radius 3 is 1.98 bits per heavy atom. The van der Waals surface area contributed by atoms with Gasteiger partial charge < -0.3 is 74.5 Å². The maximum Gasteiger partial charge on any atom is 0.345 e. The highest BCUT2D eigenvalue weighted by Crippen LogP contribution is 2.54. The van der Waals surface area contributed by atoms with Gasteiger partial charge in [0.1, 0.15) is 18.3 Å². The molecular formula is C27H20O18. The summed E-state index contributed by atoms with van der Waals surface area (Å²) in [5, 5.41) is 111. The van der Waals surface area contributed by atoms with Crippen LogP contribution in [-0.4, -0.2) is 99.5 Å². The zero-order chi connectivity index (χ0) is 32.8. The maximum absolute atomic E-state index is 13.5. The molecule has 1 aliphatic rings. The summed E-state index contributed by atoms with van der Waals surface area (Å²) in [6.45, 7) is -0.962. The molecule has 0 spiro atoms. The Bertz CT molecular complexity index is 2160. The van der Waals surface area contributed by atoms with E-state index >= 15 is 0 Å². The second kappa shape index (κ2) is 10.0. The predicted molar refractivity (Wildman–Crippen MR) is 143 cm³/mol. The normalized spacial score (nSPS) is 22.0. The summed E-state index contributed by atoms with van der Waals surface area (Å²) in [4.78, 5) is 39.6. The lowest BCUT2D eigenvalue weighted by Gasteiger charge is -2.39. The Balaban J connectivity index is 1.69. The number of aliphatic hydroxyl groups is 4. The summed E-state index contributed by atoms with van der Waals surface area (Å²) < 4.78 is 20.3. The fraction of sp³-hybridized carbons (Fsp3) is 0.222. The third-order valence-corrected chi connectivity index (χ3v) is 7.51. The van der Waals surface area contributed by atoms with E-state index in [2.05, 4.69) is 0 Å². The number of ether oxygens (including phenoxy) is 2. The van der Waals surface area contributed by atoms with Gasteiger partial charge in [-0.2, -0.15) is 0 Å². The Morgan fingerprint density at radius 2 is 1.31 bits per heavy atom. The van der Waals surface area contributed by atoms with Gasteiger partial charge in [0, 0.05) is 21.9 Å². The summed E-state index contributed by atoms with van der Waals surface area (Å²) in [7, 11) is 0. The van der Waals surface area contributed by atoms with Crippen LogP contribution in [0.2, 0.25) is 0 Å². The quantitative estimate of drug-likeness (QED) is 0.0492. The van der Waals surface area contributed by atoms with Crippen LogP contribution in [-0.2, 0) is 9.47 Å². The molecule has 3 aromatic carbocycles. The van der Waals surface area contributed by atoms with Gasteiger partial charge in [-0.3, -0.25) is 0 Å². The van der Waals surface area contributed by atoms with Gasteiger partial charge in [-0.1, -0.05) is 0 Å². The molecule has 5 atom stereocenters. The highest BCUT2D eigenvalue weighted by molar-refractivity contribution is 6.26. The molecule has 236 valence electrons. The van der Waals surface area contributed by atoms with Gasteiger partial charge in [0.05, 0.1) is 22.9 Å². The lowest BCUT2D eigenvalue weighted by atomic mass is 9.90. The molecule has 1 saturated heterocycles. The van der Waals surface area contributed by atoms with E-state index in [0.29, 0.717) is 6.07 Å². The Morgan fingerprint density at radius 1 is 0.711 bits per heavy atom. The van der Waals surface area contributed by atoms with Crippen LogP contribution in [0, 0.1) is 0 Å². The van der Waals surface area contributed by atoms with Crippen molar-refractivity contribution in [2.45, 2.75) is 30.7 Å². The molecule has 0 aliphatic carbocycles. The van der Waals surface area contributed by atoms with E-state index in [1.165, 1.54) is 0 Å². The number of phenols is 7. The molecule has 1 aliphatic heterocycles. The number of aromatic hydroxyl groups is 7. The molecule has 6 rings (SSSR count). The number of rotatable bonds is 4. The Hall–Kier alpha value is -5.53. The summed E-state index contributed by atoms with van der Waals surface area (Å²) in [5.41, 5.74) is -7.24. The molecule has 3 heterocycles. The van der Waals surface area contributed by atoms with Crippen LogP contribution in [0.5, 0.6) is 40.2 Å². The number of phenolic OH excluding ortho intramolecular Hbond substituents is 7. The molecule has 0 unspecified atom stereocenters.